The summed E-state index contributed by atoms with van der Waals surface area (Å²) in [5, 5.41) is 0. The van der Waals surface area contributed by atoms with Gasteiger partial charge in [-0.3, -0.25) is 9.69 Å². The lowest BCUT2D eigenvalue weighted by atomic mass is 9.88. The molecule has 1 atom stereocenters. The average Bonchev–Trinajstić information content (AvgIpc) is 3.36. The molecule has 6 rings (SSSR count). The molecule has 1 aliphatic rings. The van der Waals surface area contributed by atoms with Crippen molar-refractivity contribution in [2.45, 2.75) is 222 Å². The van der Waals surface area contributed by atoms with E-state index in [0.29, 0.717) is 32.9 Å². The minimum absolute atomic E-state index is 0.133. The lowest BCUT2D eigenvalue weighted by molar-refractivity contribution is -0.123. The Kier molecular flexibility index (Phi) is 32.2. The number of piperidine rings is 1. The summed E-state index contributed by atoms with van der Waals surface area (Å²) < 4.78 is 28.4. The molecule has 1 fully saturated rings. The molecular formula is C75H118FNO4. The van der Waals surface area contributed by atoms with Crippen LogP contribution in [0.5, 0.6) is 17.2 Å². The number of hydrogen-bond acceptors (Lipinski definition) is 5. The maximum Gasteiger partial charge on any atom is 0.160 e. The van der Waals surface area contributed by atoms with E-state index < -0.39 is 0 Å². The fraction of sp³-hybridized carbons (Fsp3) is 0.587. The van der Waals surface area contributed by atoms with Gasteiger partial charge in [-0.25, -0.2) is 4.39 Å². The third-order valence-corrected chi connectivity index (χ3v) is 14.0. The van der Waals surface area contributed by atoms with E-state index in [1.54, 1.807) is 40.4 Å². The number of aryl methyl sites for hydroxylation is 6. The van der Waals surface area contributed by atoms with Gasteiger partial charge >= 0.3 is 0 Å². The number of carbonyl (C=O) groups is 1. The Balaban J connectivity index is 0.000000487. The van der Waals surface area contributed by atoms with Crippen LogP contribution in [-0.4, -0.2) is 50.6 Å². The van der Waals surface area contributed by atoms with Crippen LogP contribution in [0, 0.1) is 52.7 Å². The molecular weight excluding hydrogens is 998 g/mol. The van der Waals surface area contributed by atoms with E-state index in [9.17, 15) is 9.18 Å². The van der Waals surface area contributed by atoms with Crippen LogP contribution in [0.1, 0.15) is 209 Å². The smallest absolute Gasteiger partial charge is 0.160 e. The summed E-state index contributed by atoms with van der Waals surface area (Å²) in [4.78, 5) is 13.7. The fourth-order valence-corrected chi connectivity index (χ4v) is 8.71. The van der Waals surface area contributed by atoms with Crippen LogP contribution in [0.25, 0.3) is 0 Å². The van der Waals surface area contributed by atoms with Crippen molar-refractivity contribution >= 4 is 5.78 Å². The Morgan fingerprint density at radius 3 is 1.32 bits per heavy atom. The van der Waals surface area contributed by atoms with Crippen LogP contribution in [0.2, 0.25) is 0 Å². The average molecular weight is 1120 g/mol. The number of rotatable bonds is 13. The Hall–Kier alpha value is -4.94. The Bertz CT molecular complexity index is 2480. The maximum absolute atomic E-state index is 12.8. The van der Waals surface area contributed by atoms with Crippen molar-refractivity contribution in [3.63, 3.8) is 0 Å². The molecule has 0 spiro atoms. The van der Waals surface area contributed by atoms with Crippen LogP contribution in [-0.2, 0) is 36.9 Å². The number of ketones is 1. The molecule has 0 aromatic heterocycles. The molecule has 6 heteroatoms. The van der Waals surface area contributed by atoms with Crippen LogP contribution >= 0.6 is 0 Å². The molecule has 0 radical (unpaired) electrons. The van der Waals surface area contributed by atoms with Gasteiger partial charge in [0.15, 0.2) is 11.5 Å². The second-order valence-corrected chi connectivity index (χ2v) is 29.7. The topological polar surface area (TPSA) is 48.0 Å². The first-order valence-electron chi connectivity index (χ1n) is 30.3. The third kappa shape index (κ3) is 37.7. The predicted molar refractivity (Wildman–Crippen MR) is 350 cm³/mol. The van der Waals surface area contributed by atoms with E-state index >= 15 is 0 Å². The van der Waals surface area contributed by atoms with Gasteiger partial charge < -0.3 is 14.2 Å². The molecule has 0 aliphatic carbocycles. The third-order valence-electron chi connectivity index (χ3n) is 14.0. The zero-order chi connectivity index (χ0) is 61.8. The van der Waals surface area contributed by atoms with Crippen molar-refractivity contribution in [2.24, 2.45) is 33.0 Å². The Morgan fingerprint density at radius 1 is 0.481 bits per heavy atom. The number of methoxy groups -OCH3 is 3. The molecule has 81 heavy (non-hydrogen) atoms. The SMILES string of the molecule is CC(=O)C1CCCN(C(C)(C)C)C1.CC(C)(C)CCc1cccc(F)c1.COc1ccc(CCC(C)(C)C)cc1.COc1ccc(CCC(C)(C)C)cc1OC.Cc1ccc(CCC(C)(C)C)cc1.Cc1cccc(CC(C)(C)C)c1. The Morgan fingerprint density at radius 2 is 0.914 bits per heavy atom. The van der Waals surface area contributed by atoms with Gasteiger partial charge in [0.2, 0.25) is 0 Å². The first kappa shape index (κ1) is 74.1. The van der Waals surface area contributed by atoms with Gasteiger partial charge in [0.1, 0.15) is 17.3 Å². The number of carbonyl (C=O) groups excluding carboxylic acids is 1. The van der Waals surface area contributed by atoms with Crippen LogP contribution in [0.3, 0.4) is 0 Å². The molecule has 1 aliphatic heterocycles. The minimum Gasteiger partial charge on any atom is -0.497 e. The quantitative estimate of drug-likeness (QED) is 0.118. The van der Waals surface area contributed by atoms with Crippen LogP contribution in [0.15, 0.2) is 115 Å². The molecule has 5 aromatic rings. The summed E-state index contributed by atoms with van der Waals surface area (Å²) in [6.45, 7) is 48.6. The zero-order valence-electron chi connectivity index (χ0n) is 56.2. The van der Waals surface area contributed by atoms with E-state index in [1.807, 2.05) is 24.3 Å². The highest BCUT2D eigenvalue weighted by atomic mass is 19.1. The highest BCUT2D eigenvalue weighted by Gasteiger charge is 2.29. The summed E-state index contributed by atoms with van der Waals surface area (Å²) in [6.07, 6.45) is 12.5. The molecule has 0 saturated carbocycles. The summed E-state index contributed by atoms with van der Waals surface area (Å²) in [6, 6.07) is 38.9. The van der Waals surface area contributed by atoms with Gasteiger partial charge in [0, 0.05) is 18.0 Å². The largest absolute Gasteiger partial charge is 0.497 e. The van der Waals surface area contributed by atoms with Crippen molar-refractivity contribution < 1.29 is 23.4 Å². The first-order valence-corrected chi connectivity index (χ1v) is 30.3. The maximum atomic E-state index is 12.8. The van der Waals surface area contributed by atoms with Crippen molar-refractivity contribution in [3.8, 4) is 17.2 Å². The summed E-state index contributed by atoms with van der Waals surface area (Å²) in [5.74, 6) is 3.05. The van der Waals surface area contributed by atoms with Crippen molar-refractivity contribution in [1.82, 2.24) is 4.90 Å². The molecule has 454 valence electrons. The van der Waals surface area contributed by atoms with Gasteiger partial charge in [-0.2, -0.15) is 0 Å². The summed E-state index contributed by atoms with van der Waals surface area (Å²) in [5.41, 5.74) is 11.6. The highest BCUT2D eigenvalue weighted by Crippen LogP contribution is 2.31. The van der Waals surface area contributed by atoms with Gasteiger partial charge in [-0.05, 0) is 210 Å². The molecule has 0 bridgehead atoms. The van der Waals surface area contributed by atoms with E-state index in [2.05, 4.69) is 216 Å². The minimum atomic E-state index is -0.133. The fourth-order valence-electron chi connectivity index (χ4n) is 8.71. The first-order chi connectivity index (χ1) is 37.3. The molecule has 1 saturated heterocycles. The van der Waals surface area contributed by atoms with E-state index in [-0.39, 0.29) is 17.3 Å². The summed E-state index contributed by atoms with van der Waals surface area (Å²) >= 11 is 0. The lowest BCUT2D eigenvalue weighted by Crippen LogP contribution is -2.48. The predicted octanol–water partition coefficient (Wildman–Crippen LogP) is 20.8. The van der Waals surface area contributed by atoms with Crippen LogP contribution in [0.4, 0.5) is 4.39 Å². The monoisotopic (exact) mass is 1120 g/mol. The molecule has 0 amide bonds. The van der Waals surface area contributed by atoms with E-state index in [1.165, 1.54) is 71.6 Å². The van der Waals surface area contributed by atoms with E-state index in [4.69, 9.17) is 14.2 Å². The second kappa shape index (κ2) is 35.3. The van der Waals surface area contributed by atoms with Crippen molar-refractivity contribution in [1.29, 1.82) is 0 Å². The van der Waals surface area contributed by atoms with Gasteiger partial charge in [-0.1, -0.05) is 194 Å². The van der Waals surface area contributed by atoms with E-state index in [0.717, 1.165) is 74.4 Å². The summed E-state index contributed by atoms with van der Waals surface area (Å²) in [7, 11) is 5.03. The van der Waals surface area contributed by atoms with Crippen molar-refractivity contribution in [2.75, 3.05) is 34.4 Å². The van der Waals surface area contributed by atoms with Gasteiger partial charge in [0.25, 0.3) is 0 Å². The molecule has 0 N–H and O–H groups in total. The standard InChI is InChI=1S/C14H22O2.C13H20O.C13H20.C12H17F.C12H18.C11H21NO/c1-14(2,3)9-8-11-6-7-12(15-4)13(10-11)16-5;1-13(2,3)10-9-11-5-7-12(14-4)8-6-11;1-11-5-7-12(8-6-11)9-10-13(2,3)4;1-12(2,3)8-7-10-5-4-6-11(13)9-10;1-10-6-5-7-11(8-10)9-12(2,3)4;1-9(13)10-6-5-7-12(8-10)11(2,3)4/h6-7,10H,8-9H2,1-5H3;5-8H,9-10H2,1-4H3;5-8H,9-10H2,1-4H3;4-6,9H,7-8H2,1-3H3;5-8H,9H2,1-4H3;10H,5-8H2,1-4H3. The van der Waals surface area contributed by atoms with Gasteiger partial charge in [0.05, 0.1) is 21.3 Å². The lowest BCUT2D eigenvalue weighted by Gasteiger charge is -2.40. The van der Waals surface area contributed by atoms with Gasteiger partial charge in [-0.15, -0.1) is 0 Å². The zero-order valence-corrected chi connectivity index (χ0v) is 56.2. The van der Waals surface area contributed by atoms with Crippen LogP contribution < -0.4 is 14.2 Å². The molecule has 5 nitrogen and oxygen atoms in total. The number of ether oxygens (including phenoxy) is 3. The molecule has 1 unspecified atom stereocenters. The molecule has 5 aromatic carbocycles. The number of hydrogen-bond donors (Lipinski definition) is 0. The van der Waals surface area contributed by atoms with Crippen molar-refractivity contribution in [3.05, 3.63) is 160 Å². The highest BCUT2D eigenvalue weighted by molar-refractivity contribution is 5.78. The number of Topliss-reactive ketones (excluding diaryl/α,β-unsaturated/α-hetero) is 1. The number of benzene rings is 5. The number of nitrogens with zero attached hydrogens (tertiary/aromatic N) is 1. The second-order valence-electron chi connectivity index (χ2n) is 29.7. The normalized spacial score (nSPS) is 13.9. The number of halogens is 1. The Labute approximate surface area is 498 Å². The molecule has 1 heterocycles. The number of likely N-dealkylation sites (tertiary alicyclic amines) is 1.